The van der Waals surface area contributed by atoms with Crippen LogP contribution in [0.4, 0.5) is 5.69 Å². The number of aromatic hydroxyl groups is 2. The predicted octanol–water partition coefficient (Wildman–Crippen LogP) is 3.18. The molecule has 0 atom stereocenters. The molecule has 0 spiro atoms. The third-order valence-corrected chi connectivity index (χ3v) is 3.72. The first-order valence-corrected chi connectivity index (χ1v) is 7.36. The van der Waals surface area contributed by atoms with Crippen molar-refractivity contribution in [2.24, 2.45) is 0 Å². The minimum atomic E-state index is -0.489. The topological polar surface area (TPSA) is 108 Å². The highest BCUT2D eigenvalue weighted by molar-refractivity contribution is 6.07. The Balaban J connectivity index is 1.96. The number of rotatable bonds is 2. The number of phenolic OH excluding ortho intramolecular Hbond substituents is 2. The molecule has 0 aliphatic heterocycles. The van der Waals surface area contributed by atoms with Gasteiger partial charge in [-0.25, -0.2) is 4.63 Å². The molecule has 3 aromatic rings. The second-order valence-corrected chi connectivity index (χ2v) is 6.53. The van der Waals surface area contributed by atoms with Crippen molar-refractivity contribution >= 4 is 22.6 Å². The summed E-state index contributed by atoms with van der Waals surface area (Å²) in [5, 5.41) is 30.3. The quantitative estimate of drug-likeness (QED) is 0.624. The van der Waals surface area contributed by atoms with E-state index in [1.165, 1.54) is 12.1 Å². The van der Waals surface area contributed by atoms with Gasteiger partial charge in [0.25, 0.3) is 5.91 Å². The number of carbonyl (C=O) groups excluding carboxylic acids is 1. The minimum absolute atomic E-state index is 0.0224. The Labute approximate surface area is 137 Å². The number of amides is 1. The monoisotopic (exact) mass is 327 g/mol. The third-order valence-electron chi connectivity index (χ3n) is 3.72. The molecule has 1 amide bonds. The molecule has 3 rings (SSSR count). The largest absolute Gasteiger partial charge is 0.506 e. The molecule has 24 heavy (non-hydrogen) atoms. The van der Waals surface area contributed by atoms with E-state index in [2.05, 4.69) is 20.3 Å². The van der Waals surface area contributed by atoms with Gasteiger partial charge in [0.15, 0.2) is 0 Å². The zero-order chi connectivity index (χ0) is 17.5. The molecular weight excluding hydrogens is 310 g/mol. The lowest BCUT2D eigenvalue weighted by atomic mass is 9.86. The van der Waals surface area contributed by atoms with Crippen molar-refractivity contribution in [2.75, 3.05) is 5.32 Å². The number of hydrogen-bond acceptors (Lipinski definition) is 6. The average Bonchev–Trinajstić information content (AvgIpc) is 2.97. The van der Waals surface area contributed by atoms with E-state index in [0.29, 0.717) is 22.2 Å². The standard InChI is InChI=1S/C17H17N3O4/c1-17(2,3)10-5-7-13(21)14(15(10)22)18-16(23)9-4-6-11-12(8-9)20-24-19-11/h4-8,21-22H,1-3H3,(H,18,23). The smallest absolute Gasteiger partial charge is 0.255 e. The fourth-order valence-electron chi connectivity index (χ4n) is 2.42. The number of nitrogens with zero attached hydrogens (tertiary/aromatic N) is 2. The summed E-state index contributed by atoms with van der Waals surface area (Å²) in [6.07, 6.45) is 0. The molecule has 0 aliphatic carbocycles. The Morgan fingerprint density at radius 1 is 1.08 bits per heavy atom. The van der Waals surface area contributed by atoms with Gasteiger partial charge in [0, 0.05) is 11.1 Å². The van der Waals surface area contributed by atoms with Crippen LogP contribution >= 0.6 is 0 Å². The van der Waals surface area contributed by atoms with Crippen molar-refractivity contribution < 1.29 is 19.6 Å². The van der Waals surface area contributed by atoms with Gasteiger partial charge in [-0.2, -0.15) is 0 Å². The third kappa shape index (κ3) is 2.76. The van der Waals surface area contributed by atoms with E-state index < -0.39 is 5.91 Å². The molecule has 3 N–H and O–H groups in total. The molecular formula is C17H17N3O4. The van der Waals surface area contributed by atoms with Crippen molar-refractivity contribution in [1.82, 2.24) is 10.3 Å². The lowest BCUT2D eigenvalue weighted by Crippen LogP contribution is -2.15. The van der Waals surface area contributed by atoms with Gasteiger partial charge in [-0.3, -0.25) is 4.79 Å². The molecule has 1 heterocycles. The summed E-state index contributed by atoms with van der Waals surface area (Å²) >= 11 is 0. The molecule has 0 aliphatic rings. The summed E-state index contributed by atoms with van der Waals surface area (Å²) in [5.41, 5.74) is 1.53. The lowest BCUT2D eigenvalue weighted by molar-refractivity contribution is 0.102. The molecule has 0 bridgehead atoms. The van der Waals surface area contributed by atoms with E-state index >= 15 is 0 Å². The second-order valence-electron chi connectivity index (χ2n) is 6.53. The van der Waals surface area contributed by atoms with E-state index in [0.717, 1.165) is 0 Å². The molecule has 7 heteroatoms. The number of fused-ring (bicyclic) bond motifs is 1. The number of benzene rings is 2. The number of phenols is 2. The number of nitrogens with one attached hydrogen (secondary N) is 1. The van der Waals surface area contributed by atoms with Crippen LogP contribution in [-0.4, -0.2) is 26.4 Å². The average molecular weight is 327 g/mol. The number of hydrogen-bond donors (Lipinski definition) is 3. The summed E-state index contributed by atoms with van der Waals surface area (Å²) in [4.78, 5) is 12.4. The van der Waals surface area contributed by atoms with Gasteiger partial charge < -0.3 is 15.5 Å². The Bertz CT molecular complexity index is 925. The highest BCUT2D eigenvalue weighted by Crippen LogP contribution is 2.41. The van der Waals surface area contributed by atoms with E-state index in [9.17, 15) is 15.0 Å². The van der Waals surface area contributed by atoms with Crippen LogP contribution in [-0.2, 0) is 5.41 Å². The van der Waals surface area contributed by atoms with Crippen LogP contribution in [0.25, 0.3) is 11.0 Å². The molecule has 1 aromatic heterocycles. The highest BCUT2D eigenvalue weighted by Gasteiger charge is 2.23. The zero-order valence-electron chi connectivity index (χ0n) is 13.5. The van der Waals surface area contributed by atoms with Crippen LogP contribution in [0.5, 0.6) is 11.5 Å². The Morgan fingerprint density at radius 3 is 2.50 bits per heavy atom. The summed E-state index contributed by atoms with van der Waals surface area (Å²) in [6.45, 7) is 5.78. The SMILES string of the molecule is CC(C)(C)c1ccc(O)c(NC(=O)c2ccc3nonc3c2)c1O. The van der Waals surface area contributed by atoms with Crippen LogP contribution in [0.3, 0.4) is 0 Å². The van der Waals surface area contributed by atoms with Gasteiger partial charge >= 0.3 is 0 Å². The maximum Gasteiger partial charge on any atom is 0.255 e. The number of carbonyl (C=O) groups is 1. The first-order chi connectivity index (χ1) is 11.3. The van der Waals surface area contributed by atoms with Gasteiger partial charge in [0.2, 0.25) is 0 Å². The maximum absolute atomic E-state index is 12.4. The normalized spacial score (nSPS) is 11.6. The molecule has 0 unspecified atom stereocenters. The van der Waals surface area contributed by atoms with Gasteiger partial charge in [-0.15, -0.1) is 0 Å². The lowest BCUT2D eigenvalue weighted by Gasteiger charge is -2.22. The Morgan fingerprint density at radius 2 is 1.79 bits per heavy atom. The van der Waals surface area contributed by atoms with E-state index in [4.69, 9.17) is 0 Å². The molecule has 2 aromatic carbocycles. The van der Waals surface area contributed by atoms with Crippen molar-refractivity contribution in [2.45, 2.75) is 26.2 Å². The molecule has 124 valence electrons. The molecule has 0 radical (unpaired) electrons. The van der Waals surface area contributed by atoms with Crippen LogP contribution in [0, 0.1) is 0 Å². The Kier molecular flexibility index (Phi) is 3.63. The van der Waals surface area contributed by atoms with Gasteiger partial charge in [0.1, 0.15) is 28.2 Å². The number of aromatic nitrogens is 2. The van der Waals surface area contributed by atoms with E-state index in [-0.39, 0.29) is 22.6 Å². The number of anilines is 1. The summed E-state index contributed by atoms with van der Waals surface area (Å²) < 4.78 is 4.60. The Hall–Kier alpha value is -3.09. The van der Waals surface area contributed by atoms with Gasteiger partial charge in [-0.1, -0.05) is 26.8 Å². The van der Waals surface area contributed by atoms with Crippen molar-refractivity contribution in [3.63, 3.8) is 0 Å². The first kappa shape index (κ1) is 15.8. The molecule has 7 nitrogen and oxygen atoms in total. The maximum atomic E-state index is 12.4. The highest BCUT2D eigenvalue weighted by atomic mass is 16.6. The van der Waals surface area contributed by atoms with E-state index in [1.54, 1.807) is 18.2 Å². The summed E-state index contributed by atoms with van der Waals surface area (Å²) in [6, 6.07) is 7.76. The van der Waals surface area contributed by atoms with Gasteiger partial charge in [-0.05, 0) is 40.0 Å². The van der Waals surface area contributed by atoms with Crippen molar-refractivity contribution in [3.8, 4) is 11.5 Å². The first-order valence-electron chi connectivity index (χ1n) is 7.36. The van der Waals surface area contributed by atoms with Crippen molar-refractivity contribution in [1.29, 1.82) is 0 Å². The zero-order valence-corrected chi connectivity index (χ0v) is 13.5. The fourth-order valence-corrected chi connectivity index (χ4v) is 2.42. The second kappa shape index (κ2) is 5.52. The predicted molar refractivity (Wildman–Crippen MR) is 88.2 cm³/mol. The van der Waals surface area contributed by atoms with Gasteiger partial charge in [0.05, 0.1) is 0 Å². The fraction of sp³-hybridized carbons (Fsp3) is 0.235. The summed E-state index contributed by atoms with van der Waals surface area (Å²) in [5.74, 6) is -0.852. The summed E-state index contributed by atoms with van der Waals surface area (Å²) in [7, 11) is 0. The van der Waals surface area contributed by atoms with Crippen molar-refractivity contribution in [3.05, 3.63) is 41.5 Å². The molecule has 0 saturated heterocycles. The van der Waals surface area contributed by atoms with Crippen LogP contribution in [0.2, 0.25) is 0 Å². The van der Waals surface area contributed by atoms with Crippen LogP contribution in [0.1, 0.15) is 36.7 Å². The molecule has 0 fully saturated rings. The van der Waals surface area contributed by atoms with Crippen LogP contribution in [0.15, 0.2) is 35.0 Å². The van der Waals surface area contributed by atoms with E-state index in [1.807, 2.05) is 20.8 Å². The van der Waals surface area contributed by atoms with Crippen LogP contribution < -0.4 is 5.32 Å². The molecule has 0 saturated carbocycles. The minimum Gasteiger partial charge on any atom is -0.506 e.